The Morgan fingerprint density at radius 2 is 2.20 bits per heavy atom. The fourth-order valence-corrected chi connectivity index (χ4v) is 2.46. The van der Waals surface area contributed by atoms with Crippen LogP contribution in [0.3, 0.4) is 0 Å². The lowest BCUT2D eigenvalue weighted by atomic mass is 9.84. The van der Waals surface area contributed by atoms with Crippen LogP contribution < -0.4 is 0 Å². The molecule has 1 saturated heterocycles. The van der Waals surface area contributed by atoms with E-state index in [1.165, 1.54) is 0 Å². The van der Waals surface area contributed by atoms with Crippen molar-refractivity contribution in [2.75, 3.05) is 6.61 Å². The fourth-order valence-electron chi connectivity index (χ4n) is 2.15. The van der Waals surface area contributed by atoms with Crippen molar-refractivity contribution in [3.63, 3.8) is 0 Å². The summed E-state index contributed by atoms with van der Waals surface area (Å²) in [6, 6.07) is 7.48. The minimum atomic E-state index is -0.823. The van der Waals surface area contributed by atoms with Gasteiger partial charge in [-0.3, -0.25) is 0 Å². The molecule has 1 aromatic rings. The molecule has 0 saturated carbocycles. The van der Waals surface area contributed by atoms with E-state index in [0.717, 1.165) is 5.56 Å². The molecule has 1 fully saturated rings. The maximum atomic E-state index is 10.5. The van der Waals surface area contributed by atoms with Gasteiger partial charge in [0.05, 0.1) is 18.3 Å². The Hall–Kier alpha value is -0.570. The summed E-state index contributed by atoms with van der Waals surface area (Å²) in [6.45, 7) is 2.56. The SMILES string of the molecule is CC1CC(O)(c2ccccc2Cl)CCO1. The molecule has 2 unspecified atom stereocenters. The molecule has 1 heterocycles. The zero-order valence-electron chi connectivity index (χ0n) is 8.74. The number of aliphatic hydroxyl groups is 1. The van der Waals surface area contributed by atoms with Crippen LogP contribution in [0, 0.1) is 0 Å². The van der Waals surface area contributed by atoms with Crippen molar-refractivity contribution in [1.29, 1.82) is 0 Å². The molecule has 0 amide bonds. The molecule has 2 rings (SSSR count). The first-order chi connectivity index (χ1) is 7.12. The van der Waals surface area contributed by atoms with Crippen LogP contribution in [0.15, 0.2) is 24.3 Å². The monoisotopic (exact) mass is 226 g/mol. The average Bonchev–Trinajstić information content (AvgIpc) is 2.17. The summed E-state index contributed by atoms with van der Waals surface area (Å²) < 4.78 is 5.43. The molecule has 0 aromatic heterocycles. The van der Waals surface area contributed by atoms with E-state index in [1.807, 2.05) is 31.2 Å². The number of benzene rings is 1. The number of rotatable bonds is 1. The topological polar surface area (TPSA) is 29.5 Å². The molecule has 1 aromatic carbocycles. The summed E-state index contributed by atoms with van der Waals surface area (Å²) in [4.78, 5) is 0. The molecule has 15 heavy (non-hydrogen) atoms. The Bertz CT molecular complexity index is 353. The third kappa shape index (κ3) is 2.17. The van der Waals surface area contributed by atoms with Crippen LogP contribution in [0.2, 0.25) is 5.02 Å². The Balaban J connectivity index is 2.32. The second-order valence-electron chi connectivity index (χ2n) is 4.15. The molecule has 1 aliphatic heterocycles. The molecule has 1 N–H and O–H groups in total. The van der Waals surface area contributed by atoms with Gasteiger partial charge in [-0.2, -0.15) is 0 Å². The average molecular weight is 227 g/mol. The molecule has 0 bridgehead atoms. The first-order valence-corrected chi connectivity index (χ1v) is 5.58. The van der Waals surface area contributed by atoms with Gasteiger partial charge in [-0.15, -0.1) is 0 Å². The van der Waals surface area contributed by atoms with Gasteiger partial charge in [-0.1, -0.05) is 29.8 Å². The van der Waals surface area contributed by atoms with E-state index >= 15 is 0 Å². The van der Waals surface area contributed by atoms with Gasteiger partial charge in [0.25, 0.3) is 0 Å². The van der Waals surface area contributed by atoms with Gasteiger partial charge in [0.1, 0.15) is 0 Å². The second-order valence-corrected chi connectivity index (χ2v) is 4.55. The van der Waals surface area contributed by atoms with E-state index < -0.39 is 5.60 Å². The highest BCUT2D eigenvalue weighted by Gasteiger charge is 2.36. The van der Waals surface area contributed by atoms with Crippen molar-refractivity contribution in [1.82, 2.24) is 0 Å². The lowest BCUT2D eigenvalue weighted by Crippen LogP contribution is -2.37. The lowest BCUT2D eigenvalue weighted by molar-refractivity contribution is -0.101. The van der Waals surface area contributed by atoms with E-state index in [0.29, 0.717) is 24.5 Å². The van der Waals surface area contributed by atoms with Gasteiger partial charge < -0.3 is 9.84 Å². The van der Waals surface area contributed by atoms with E-state index in [2.05, 4.69) is 0 Å². The summed E-state index contributed by atoms with van der Waals surface area (Å²) >= 11 is 6.09. The molecular formula is C12H15ClO2. The predicted octanol–water partition coefficient (Wildman–Crippen LogP) is 2.73. The Labute approximate surface area is 94.8 Å². The summed E-state index contributed by atoms with van der Waals surface area (Å²) in [7, 11) is 0. The second kappa shape index (κ2) is 4.12. The maximum absolute atomic E-state index is 10.5. The first kappa shape index (κ1) is 10.9. The largest absolute Gasteiger partial charge is 0.385 e. The van der Waals surface area contributed by atoms with Crippen LogP contribution in [0.4, 0.5) is 0 Å². The quantitative estimate of drug-likeness (QED) is 0.798. The third-order valence-corrected chi connectivity index (χ3v) is 3.25. The van der Waals surface area contributed by atoms with Crippen LogP contribution >= 0.6 is 11.6 Å². The Morgan fingerprint density at radius 1 is 1.47 bits per heavy atom. The molecule has 0 spiro atoms. The van der Waals surface area contributed by atoms with E-state index in [-0.39, 0.29) is 6.10 Å². The molecule has 2 atom stereocenters. The number of hydrogen-bond donors (Lipinski definition) is 1. The fraction of sp³-hybridized carbons (Fsp3) is 0.500. The maximum Gasteiger partial charge on any atom is 0.0957 e. The number of halogens is 1. The van der Waals surface area contributed by atoms with Crippen molar-refractivity contribution >= 4 is 11.6 Å². The van der Waals surface area contributed by atoms with Crippen LogP contribution in [0.5, 0.6) is 0 Å². The van der Waals surface area contributed by atoms with Crippen molar-refractivity contribution in [2.24, 2.45) is 0 Å². The van der Waals surface area contributed by atoms with Crippen molar-refractivity contribution < 1.29 is 9.84 Å². The van der Waals surface area contributed by atoms with Gasteiger partial charge in [0.15, 0.2) is 0 Å². The van der Waals surface area contributed by atoms with Gasteiger partial charge in [0, 0.05) is 23.4 Å². The van der Waals surface area contributed by atoms with Crippen molar-refractivity contribution in [3.05, 3.63) is 34.9 Å². The van der Waals surface area contributed by atoms with Gasteiger partial charge >= 0.3 is 0 Å². The minimum Gasteiger partial charge on any atom is -0.385 e. The molecule has 0 radical (unpaired) electrons. The number of hydrogen-bond acceptors (Lipinski definition) is 2. The summed E-state index contributed by atoms with van der Waals surface area (Å²) in [5.74, 6) is 0. The minimum absolute atomic E-state index is 0.0834. The molecule has 1 aliphatic rings. The highest BCUT2D eigenvalue weighted by Crippen LogP contribution is 2.37. The van der Waals surface area contributed by atoms with Gasteiger partial charge in [-0.25, -0.2) is 0 Å². The van der Waals surface area contributed by atoms with Gasteiger partial charge in [-0.05, 0) is 13.0 Å². The number of ether oxygens (including phenoxy) is 1. The normalized spacial score (nSPS) is 31.5. The van der Waals surface area contributed by atoms with Crippen LogP contribution in [0.1, 0.15) is 25.3 Å². The highest BCUT2D eigenvalue weighted by atomic mass is 35.5. The molecule has 3 heteroatoms. The van der Waals surface area contributed by atoms with Crippen LogP contribution in [0.25, 0.3) is 0 Å². The summed E-state index contributed by atoms with van der Waals surface area (Å²) in [6.07, 6.45) is 1.30. The van der Waals surface area contributed by atoms with Crippen molar-refractivity contribution in [2.45, 2.75) is 31.5 Å². The molecule has 0 aliphatic carbocycles. The Kier molecular flexibility index (Phi) is 3.01. The molecule has 82 valence electrons. The van der Waals surface area contributed by atoms with Crippen LogP contribution in [-0.4, -0.2) is 17.8 Å². The standard InChI is InChI=1S/C12H15ClO2/c1-9-8-12(14,6-7-15-9)10-4-2-3-5-11(10)13/h2-5,9,14H,6-8H2,1H3. The summed E-state index contributed by atoms with van der Waals surface area (Å²) in [5.41, 5.74) is -0.00228. The summed E-state index contributed by atoms with van der Waals surface area (Å²) in [5, 5.41) is 11.2. The third-order valence-electron chi connectivity index (χ3n) is 2.92. The first-order valence-electron chi connectivity index (χ1n) is 5.21. The highest BCUT2D eigenvalue weighted by molar-refractivity contribution is 6.31. The molecular weight excluding hydrogens is 212 g/mol. The van der Waals surface area contributed by atoms with Crippen molar-refractivity contribution in [3.8, 4) is 0 Å². The van der Waals surface area contributed by atoms with Gasteiger partial charge in [0.2, 0.25) is 0 Å². The smallest absolute Gasteiger partial charge is 0.0957 e. The van der Waals surface area contributed by atoms with Crippen LogP contribution in [-0.2, 0) is 10.3 Å². The predicted molar refractivity (Wildman–Crippen MR) is 60.0 cm³/mol. The van der Waals surface area contributed by atoms with E-state index in [4.69, 9.17) is 16.3 Å². The Morgan fingerprint density at radius 3 is 2.87 bits per heavy atom. The zero-order valence-corrected chi connectivity index (χ0v) is 9.50. The molecule has 2 nitrogen and oxygen atoms in total. The van der Waals surface area contributed by atoms with E-state index in [1.54, 1.807) is 0 Å². The lowest BCUT2D eigenvalue weighted by Gasteiger charge is -2.36. The zero-order chi connectivity index (χ0) is 10.9. The van der Waals surface area contributed by atoms with E-state index in [9.17, 15) is 5.11 Å².